The number of methoxy groups -OCH3 is 2. The highest BCUT2D eigenvalue weighted by molar-refractivity contribution is 5.84. The van der Waals surface area contributed by atoms with Crippen LogP contribution >= 0.6 is 0 Å². The smallest absolute Gasteiger partial charge is 0.411 e. The zero-order valence-corrected chi connectivity index (χ0v) is 16.8. The molecule has 0 unspecified atom stereocenters. The number of nitrogens with one attached hydrogen (secondary N) is 3. The summed E-state index contributed by atoms with van der Waals surface area (Å²) in [4.78, 5) is 15.8. The topological polar surface area (TPSA) is 84.0 Å². The molecule has 0 radical (unpaired) electrons. The van der Waals surface area contributed by atoms with Crippen molar-refractivity contribution < 1.29 is 14.3 Å². The van der Waals surface area contributed by atoms with Gasteiger partial charge in [0.05, 0.1) is 20.8 Å². The minimum absolute atomic E-state index is 0.490. The first-order valence-electron chi connectivity index (χ1n) is 9.15. The minimum Gasteiger partial charge on any atom is -0.496 e. The van der Waals surface area contributed by atoms with Gasteiger partial charge in [-0.3, -0.25) is 5.32 Å². The summed E-state index contributed by atoms with van der Waals surface area (Å²) in [6.45, 7) is 5.95. The van der Waals surface area contributed by atoms with Crippen LogP contribution in [-0.4, -0.2) is 32.8 Å². The Balaban J connectivity index is 1.99. The summed E-state index contributed by atoms with van der Waals surface area (Å²) in [5.74, 6) is 1.58. The molecule has 0 spiro atoms. The highest BCUT2D eigenvalue weighted by Gasteiger charge is 2.05. The van der Waals surface area contributed by atoms with Crippen LogP contribution in [0.4, 0.5) is 10.5 Å². The van der Waals surface area contributed by atoms with E-state index in [0.29, 0.717) is 18.8 Å². The Morgan fingerprint density at radius 1 is 1.07 bits per heavy atom. The van der Waals surface area contributed by atoms with Crippen molar-refractivity contribution in [1.82, 2.24) is 10.6 Å². The van der Waals surface area contributed by atoms with Gasteiger partial charge >= 0.3 is 6.09 Å². The summed E-state index contributed by atoms with van der Waals surface area (Å²) < 4.78 is 10.0. The first-order valence-corrected chi connectivity index (χ1v) is 9.15. The molecule has 1 amide bonds. The van der Waals surface area contributed by atoms with Gasteiger partial charge in [-0.15, -0.1) is 0 Å². The standard InChI is InChI=1S/C21H28N4O3/c1-5-22-20(24-14-17-9-6-15(2)12-19(17)27-3)23-13-16-7-10-18(11-8-16)25-21(26)28-4/h6-12H,5,13-14H2,1-4H3,(H,25,26)(H2,22,23,24). The van der Waals surface area contributed by atoms with Crippen LogP contribution in [0.5, 0.6) is 5.75 Å². The number of hydrogen-bond acceptors (Lipinski definition) is 4. The maximum absolute atomic E-state index is 11.2. The Hall–Kier alpha value is -3.22. The molecule has 0 saturated heterocycles. The van der Waals surface area contributed by atoms with Crippen LogP contribution in [0.3, 0.4) is 0 Å². The average Bonchev–Trinajstić information content (AvgIpc) is 2.71. The van der Waals surface area contributed by atoms with Gasteiger partial charge in [0.15, 0.2) is 5.96 Å². The second-order valence-corrected chi connectivity index (χ2v) is 6.18. The first kappa shape index (κ1) is 21.1. The van der Waals surface area contributed by atoms with Gasteiger partial charge < -0.3 is 20.1 Å². The van der Waals surface area contributed by atoms with Crippen LogP contribution in [-0.2, 0) is 17.8 Å². The molecule has 3 N–H and O–H groups in total. The van der Waals surface area contributed by atoms with Crippen molar-refractivity contribution in [3.63, 3.8) is 0 Å². The van der Waals surface area contributed by atoms with Crippen LogP contribution in [0.15, 0.2) is 47.5 Å². The van der Waals surface area contributed by atoms with Crippen molar-refractivity contribution in [2.24, 2.45) is 4.99 Å². The van der Waals surface area contributed by atoms with Crippen LogP contribution < -0.4 is 20.7 Å². The Morgan fingerprint density at radius 3 is 2.46 bits per heavy atom. The summed E-state index contributed by atoms with van der Waals surface area (Å²) in [5, 5.41) is 9.20. The van der Waals surface area contributed by atoms with Gasteiger partial charge in [0.25, 0.3) is 0 Å². The molecule has 0 aromatic heterocycles. The fourth-order valence-corrected chi connectivity index (χ4v) is 2.55. The number of aryl methyl sites for hydroxylation is 1. The molecule has 0 aliphatic carbocycles. The van der Waals surface area contributed by atoms with Gasteiger partial charge in [-0.1, -0.05) is 24.3 Å². The monoisotopic (exact) mass is 384 g/mol. The summed E-state index contributed by atoms with van der Waals surface area (Å²) in [6.07, 6.45) is -0.490. The Labute approximate surface area is 166 Å². The second kappa shape index (κ2) is 10.8. The molecule has 2 aromatic carbocycles. The van der Waals surface area contributed by atoms with Gasteiger partial charge in [-0.25, -0.2) is 9.79 Å². The first-order chi connectivity index (χ1) is 13.5. The highest BCUT2D eigenvalue weighted by Crippen LogP contribution is 2.19. The molecule has 0 aliphatic rings. The molecule has 0 heterocycles. The van der Waals surface area contributed by atoms with E-state index in [4.69, 9.17) is 4.74 Å². The Kier molecular flexibility index (Phi) is 8.14. The van der Waals surface area contributed by atoms with Crippen molar-refractivity contribution in [1.29, 1.82) is 0 Å². The Bertz CT molecular complexity index is 804. The van der Waals surface area contributed by atoms with E-state index in [0.717, 1.165) is 34.9 Å². The third-order valence-corrected chi connectivity index (χ3v) is 4.04. The molecule has 0 atom stereocenters. The van der Waals surface area contributed by atoms with Crippen molar-refractivity contribution in [2.45, 2.75) is 26.9 Å². The number of amides is 1. The van der Waals surface area contributed by atoms with E-state index in [1.54, 1.807) is 7.11 Å². The fourth-order valence-electron chi connectivity index (χ4n) is 2.55. The summed E-state index contributed by atoms with van der Waals surface area (Å²) >= 11 is 0. The number of benzene rings is 2. The lowest BCUT2D eigenvalue weighted by molar-refractivity contribution is 0.187. The molecule has 28 heavy (non-hydrogen) atoms. The van der Waals surface area contributed by atoms with Gasteiger partial charge in [-0.05, 0) is 43.2 Å². The largest absolute Gasteiger partial charge is 0.496 e. The van der Waals surface area contributed by atoms with Gasteiger partial charge in [-0.2, -0.15) is 0 Å². The van der Waals surface area contributed by atoms with Crippen molar-refractivity contribution in [3.8, 4) is 5.75 Å². The number of aliphatic imine (C=N–C) groups is 1. The lowest BCUT2D eigenvalue weighted by atomic mass is 10.1. The third-order valence-electron chi connectivity index (χ3n) is 4.04. The number of nitrogens with zero attached hydrogens (tertiary/aromatic N) is 1. The van der Waals surface area contributed by atoms with E-state index in [9.17, 15) is 4.79 Å². The van der Waals surface area contributed by atoms with Crippen molar-refractivity contribution >= 4 is 17.7 Å². The number of rotatable bonds is 7. The fraction of sp³-hybridized carbons (Fsp3) is 0.333. The summed E-state index contributed by atoms with van der Waals surface area (Å²) in [7, 11) is 3.01. The molecule has 150 valence electrons. The van der Waals surface area contributed by atoms with E-state index in [1.807, 2.05) is 44.2 Å². The van der Waals surface area contributed by atoms with E-state index in [-0.39, 0.29) is 0 Å². The van der Waals surface area contributed by atoms with Crippen molar-refractivity contribution in [3.05, 3.63) is 59.2 Å². The zero-order chi connectivity index (χ0) is 20.4. The van der Waals surface area contributed by atoms with Crippen LogP contribution in [0.25, 0.3) is 0 Å². The van der Waals surface area contributed by atoms with Gasteiger partial charge in [0.1, 0.15) is 5.75 Å². The van der Waals surface area contributed by atoms with Crippen LogP contribution in [0.2, 0.25) is 0 Å². The SMILES string of the molecule is CCNC(=NCc1ccc(NC(=O)OC)cc1)NCc1ccc(C)cc1OC. The van der Waals surface area contributed by atoms with E-state index in [1.165, 1.54) is 7.11 Å². The number of anilines is 1. The predicted molar refractivity (Wildman–Crippen MR) is 112 cm³/mol. The normalized spacial score (nSPS) is 10.9. The zero-order valence-electron chi connectivity index (χ0n) is 16.8. The number of ether oxygens (including phenoxy) is 2. The molecule has 0 aliphatic heterocycles. The van der Waals surface area contributed by atoms with Crippen LogP contribution in [0.1, 0.15) is 23.6 Å². The lowest BCUT2D eigenvalue weighted by Crippen LogP contribution is -2.36. The molecule has 0 fully saturated rings. The number of carbonyl (C=O) groups is 1. The quantitative estimate of drug-likeness (QED) is 0.503. The summed E-state index contributed by atoms with van der Waals surface area (Å²) in [5.41, 5.74) is 3.93. The molecule has 7 nitrogen and oxygen atoms in total. The molecule has 7 heteroatoms. The minimum atomic E-state index is -0.490. The molecular weight excluding hydrogens is 356 g/mol. The highest BCUT2D eigenvalue weighted by atomic mass is 16.5. The third kappa shape index (κ3) is 6.50. The van der Waals surface area contributed by atoms with Gasteiger partial charge in [0, 0.05) is 24.3 Å². The molecule has 2 aromatic rings. The number of hydrogen-bond donors (Lipinski definition) is 3. The van der Waals surface area contributed by atoms with Crippen molar-refractivity contribution in [2.75, 3.05) is 26.1 Å². The van der Waals surface area contributed by atoms with E-state index < -0.39 is 6.09 Å². The lowest BCUT2D eigenvalue weighted by Gasteiger charge is -2.14. The molecular formula is C21H28N4O3. The second-order valence-electron chi connectivity index (χ2n) is 6.18. The van der Waals surface area contributed by atoms with E-state index in [2.05, 4.69) is 37.8 Å². The average molecular weight is 384 g/mol. The van der Waals surface area contributed by atoms with Crippen LogP contribution in [0, 0.1) is 6.92 Å². The molecule has 0 bridgehead atoms. The Morgan fingerprint density at radius 2 is 1.82 bits per heavy atom. The number of guanidine groups is 1. The predicted octanol–water partition coefficient (Wildman–Crippen LogP) is 3.44. The maximum atomic E-state index is 11.2. The maximum Gasteiger partial charge on any atom is 0.411 e. The van der Waals surface area contributed by atoms with Gasteiger partial charge in [0.2, 0.25) is 0 Å². The number of carbonyl (C=O) groups excluding carboxylic acids is 1. The molecule has 2 rings (SSSR count). The summed E-state index contributed by atoms with van der Waals surface area (Å²) in [6, 6.07) is 13.6. The molecule has 0 saturated carbocycles. The van der Waals surface area contributed by atoms with E-state index >= 15 is 0 Å².